The molecule has 2 aromatic heterocycles. The number of H-pyrrole nitrogens is 2. The number of hydrogen-bond acceptors (Lipinski definition) is 16. The van der Waals surface area contributed by atoms with Gasteiger partial charge in [0.2, 0.25) is 0 Å². The average molecular weight is 676 g/mol. The van der Waals surface area contributed by atoms with Gasteiger partial charge in [0.25, 0.3) is 34.1 Å². The van der Waals surface area contributed by atoms with Crippen LogP contribution in [0, 0.1) is 74.5 Å². The number of benzene rings is 2. The van der Waals surface area contributed by atoms with Crippen molar-refractivity contribution in [2.75, 3.05) is 0 Å². The number of non-ortho nitro benzene ring substituents is 2. The Balaban J connectivity index is 0.000000336. The molecule has 0 unspecified atom stereocenters. The summed E-state index contributed by atoms with van der Waals surface area (Å²) in [5.41, 5.74) is -4.41. The van der Waals surface area contributed by atoms with Crippen LogP contribution in [0.5, 0.6) is 23.3 Å². The lowest BCUT2D eigenvalue weighted by atomic mass is 10.2. The van der Waals surface area contributed by atoms with Crippen molar-refractivity contribution in [1.29, 1.82) is 0 Å². The fourth-order valence-electron chi connectivity index (χ4n) is 3.05. The summed E-state index contributed by atoms with van der Waals surface area (Å²) in [6, 6.07) is 8.65. The van der Waals surface area contributed by atoms with Crippen LogP contribution in [0.2, 0.25) is 0 Å². The first-order valence-corrected chi connectivity index (χ1v) is 12.2. The molecule has 0 aliphatic heterocycles. The highest BCUT2D eigenvalue weighted by molar-refractivity contribution is 5.64. The van der Waals surface area contributed by atoms with E-state index in [1.807, 2.05) is 26.0 Å². The van der Waals surface area contributed by atoms with Crippen LogP contribution in [0.1, 0.15) is 11.1 Å². The van der Waals surface area contributed by atoms with Crippen molar-refractivity contribution < 1.29 is 59.9 Å². The first-order chi connectivity index (χ1) is 22.3. The van der Waals surface area contributed by atoms with Crippen LogP contribution in [0.3, 0.4) is 0 Å². The third-order valence-electron chi connectivity index (χ3n) is 5.16. The number of aryl methyl sites for hydroxylation is 2. The highest BCUT2D eigenvalue weighted by Crippen LogP contribution is 2.38. The van der Waals surface area contributed by atoms with Gasteiger partial charge in [-0.1, -0.05) is 0 Å². The van der Waals surface area contributed by atoms with Gasteiger partial charge in [-0.05, 0) is 25.0 Å². The van der Waals surface area contributed by atoms with Crippen LogP contribution in [0.25, 0.3) is 0 Å². The predicted molar refractivity (Wildman–Crippen MR) is 151 cm³/mol. The summed E-state index contributed by atoms with van der Waals surface area (Å²) in [4.78, 5) is 60.3. The molecule has 0 aliphatic rings. The molecule has 252 valence electrons. The molecule has 2 heterocycles. The number of nitro benzene ring substituents is 6. The molecule has 0 aliphatic carbocycles. The fourth-order valence-corrected chi connectivity index (χ4v) is 3.05. The van der Waals surface area contributed by atoms with Crippen LogP contribution in [0.4, 0.5) is 34.1 Å². The van der Waals surface area contributed by atoms with Crippen LogP contribution in [-0.2, 0) is 0 Å². The molecule has 24 nitrogen and oxygen atoms in total. The third-order valence-corrected chi connectivity index (χ3v) is 5.16. The molecular formula is C24H20N8O16. The topological polar surface area (TPSA) is 374 Å². The Kier molecular flexibility index (Phi) is 13.6. The monoisotopic (exact) mass is 676 g/mol. The Bertz CT molecular complexity index is 1650. The number of aromatic amines is 2. The maximum atomic E-state index is 11.1. The number of hydrogen-bond donors (Lipinski definition) is 2. The molecule has 0 atom stereocenters. The lowest BCUT2D eigenvalue weighted by Gasteiger charge is -2.06. The van der Waals surface area contributed by atoms with E-state index in [9.17, 15) is 70.9 Å². The van der Waals surface area contributed by atoms with Gasteiger partial charge in [-0.25, -0.2) is 0 Å². The molecule has 4 rings (SSSR count). The molecule has 48 heavy (non-hydrogen) atoms. The smallest absolute Gasteiger partial charge is 0.363 e. The molecule has 0 radical (unpaired) electrons. The minimum Gasteiger partial charge on any atom is -0.863 e. The number of pyridine rings is 2. The van der Waals surface area contributed by atoms with Gasteiger partial charge in [0.1, 0.15) is 0 Å². The van der Waals surface area contributed by atoms with E-state index in [2.05, 4.69) is 9.97 Å². The van der Waals surface area contributed by atoms with E-state index in [1.54, 1.807) is 24.5 Å². The van der Waals surface area contributed by atoms with Crippen LogP contribution in [0.15, 0.2) is 60.9 Å². The molecule has 0 spiro atoms. The van der Waals surface area contributed by atoms with Gasteiger partial charge in [-0.15, -0.1) is 0 Å². The second-order valence-corrected chi connectivity index (χ2v) is 8.67. The van der Waals surface area contributed by atoms with Crippen molar-refractivity contribution in [2.24, 2.45) is 0 Å². The Hall–Kier alpha value is -7.66. The predicted octanol–water partition coefficient (Wildman–Crippen LogP) is 2.00. The third kappa shape index (κ3) is 11.4. The number of nitrogens with zero attached hydrogens (tertiary/aromatic N) is 6. The SMILES string of the molecule is Cc1cc[nH+]c(O)c1.Cc1cc[nH+]c(O)c1.O=[N+]([O-])c1cc([N+](=O)[O-])c([O-])c([N+](=O)[O-])c1.O=[N+]([O-])c1cc([N+](=O)[O-])c([O-])c([N+](=O)[O-])c1. The normalized spacial score (nSPS) is 9.54. The largest absolute Gasteiger partial charge is 0.863 e. The Morgan fingerprint density at radius 2 is 0.729 bits per heavy atom. The number of rotatable bonds is 6. The summed E-state index contributed by atoms with van der Waals surface area (Å²) in [6.45, 7) is 3.85. The van der Waals surface area contributed by atoms with Crippen molar-refractivity contribution in [1.82, 2.24) is 0 Å². The molecule has 0 fully saturated rings. The lowest BCUT2D eigenvalue weighted by molar-refractivity contribution is -0.420. The first kappa shape index (κ1) is 38.4. The van der Waals surface area contributed by atoms with E-state index in [1.165, 1.54) is 0 Å². The molecule has 0 saturated heterocycles. The summed E-state index contributed by atoms with van der Waals surface area (Å²) >= 11 is 0. The van der Waals surface area contributed by atoms with E-state index in [0.29, 0.717) is 24.3 Å². The molecule has 4 N–H and O–H groups in total. The second kappa shape index (κ2) is 17.0. The summed E-state index contributed by atoms with van der Waals surface area (Å²) in [5.74, 6) is -2.49. The second-order valence-electron chi connectivity index (χ2n) is 8.67. The zero-order valence-electron chi connectivity index (χ0n) is 24.1. The summed E-state index contributed by atoms with van der Waals surface area (Å²) in [7, 11) is 0. The Morgan fingerprint density at radius 1 is 0.479 bits per heavy atom. The minimum atomic E-state index is -1.46. The zero-order chi connectivity index (χ0) is 36.9. The Labute approximate surface area is 264 Å². The molecule has 4 aromatic rings. The van der Waals surface area contributed by atoms with Crippen LogP contribution >= 0.6 is 0 Å². The fraction of sp³-hybridized carbons (Fsp3) is 0.0833. The van der Waals surface area contributed by atoms with E-state index in [0.717, 1.165) is 11.1 Å². The molecule has 0 amide bonds. The highest BCUT2D eigenvalue weighted by atomic mass is 16.7. The summed E-state index contributed by atoms with van der Waals surface area (Å²) < 4.78 is 0. The van der Waals surface area contributed by atoms with Gasteiger partial charge in [0, 0.05) is 12.1 Å². The molecule has 0 bridgehead atoms. The van der Waals surface area contributed by atoms with Gasteiger partial charge >= 0.3 is 11.8 Å². The van der Waals surface area contributed by atoms with E-state index >= 15 is 0 Å². The van der Waals surface area contributed by atoms with Crippen molar-refractivity contribution in [3.63, 3.8) is 0 Å². The molecule has 2 aromatic carbocycles. The summed E-state index contributed by atoms with van der Waals surface area (Å²) in [6.07, 6.45) is 3.40. The van der Waals surface area contributed by atoms with Gasteiger partial charge in [-0.3, -0.25) is 60.7 Å². The number of nitro groups is 6. The first-order valence-electron chi connectivity index (χ1n) is 12.2. The van der Waals surface area contributed by atoms with E-state index < -0.39 is 75.2 Å². The van der Waals surface area contributed by atoms with Crippen molar-refractivity contribution in [2.45, 2.75) is 13.8 Å². The van der Waals surface area contributed by atoms with E-state index in [-0.39, 0.29) is 11.8 Å². The van der Waals surface area contributed by atoms with Gasteiger partial charge < -0.3 is 20.4 Å². The highest BCUT2D eigenvalue weighted by Gasteiger charge is 2.25. The van der Waals surface area contributed by atoms with E-state index in [4.69, 9.17) is 10.2 Å². The average Bonchev–Trinajstić information content (AvgIpc) is 2.97. The summed E-state index contributed by atoms with van der Waals surface area (Å²) in [5, 5.41) is 102. The van der Waals surface area contributed by atoms with Crippen molar-refractivity contribution in [3.05, 3.63) is 133 Å². The zero-order valence-corrected chi connectivity index (χ0v) is 24.1. The standard InChI is InChI=1S/2C6H3N3O7.2C6H7NO/c2*10-6-4(8(13)14)1-3(7(11)12)2-5(6)9(15)16;2*1-5-2-3-7-6(8)4-5/h2*1-2,10H;2*2-4H,1H3,(H,7,8). The Morgan fingerprint density at radius 3 is 0.875 bits per heavy atom. The molecule has 24 heteroatoms. The van der Waals surface area contributed by atoms with Gasteiger partial charge in [0.15, 0.2) is 12.4 Å². The van der Waals surface area contributed by atoms with Crippen molar-refractivity contribution in [3.8, 4) is 23.3 Å². The van der Waals surface area contributed by atoms with Gasteiger partial charge in [0.05, 0.1) is 77.4 Å². The maximum absolute atomic E-state index is 11.1. The lowest BCUT2D eigenvalue weighted by Crippen LogP contribution is -2.04. The maximum Gasteiger partial charge on any atom is 0.363 e. The number of aromatic hydroxyl groups is 2. The number of aromatic nitrogens is 2. The van der Waals surface area contributed by atoms with Crippen LogP contribution in [-0.4, -0.2) is 39.8 Å². The quantitative estimate of drug-likeness (QED) is 0.218. The van der Waals surface area contributed by atoms with Crippen molar-refractivity contribution >= 4 is 34.1 Å². The number of nitrogens with one attached hydrogen (secondary N) is 2. The van der Waals surface area contributed by atoms with Crippen LogP contribution < -0.4 is 20.2 Å². The molecular weight excluding hydrogens is 656 g/mol. The van der Waals surface area contributed by atoms with Gasteiger partial charge in [-0.2, -0.15) is 9.97 Å². The minimum absolute atomic E-state index is 0.213. The molecule has 0 saturated carbocycles.